The van der Waals surface area contributed by atoms with E-state index in [0.29, 0.717) is 55.2 Å². The molecule has 4 aromatic carbocycles. The van der Waals surface area contributed by atoms with Crippen molar-refractivity contribution in [3.8, 4) is 11.5 Å². The fourth-order valence-corrected chi connectivity index (χ4v) is 6.14. The smallest absolute Gasteiger partial charge is 0.149 e. The molecule has 0 spiro atoms. The van der Waals surface area contributed by atoms with E-state index >= 15 is 0 Å². The highest BCUT2D eigenvalue weighted by Gasteiger charge is 2.33. The second-order valence-corrected chi connectivity index (χ2v) is 11.7. The first-order valence-corrected chi connectivity index (χ1v) is 15.5. The van der Waals surface area contributed by atoms with Gasteiger partial charge in [0, 0.05) is 12.8 Å². The summed E-state index contributed by atoms with van der Waals surface area (Å²) in [6.45, 7) is 4.05. The minimum absolute atomic E-state index is 0.0166. The number of hydrogen-bond acceptors (Lipinski definition) is 5. The SMILES string of the molecule is CCOc1ccc(Cc2cc(C3CC(OCc4ccccc4)CC(COCc4ccccc4)O3)c(Br)c(O)c2Cl)cc1. The van der Waals surface area contributed by atoms with Crippen LogP contribution in [0.4, 0.5) is 0 Å². The summed E-state index contributed by atoms with van der Waals surface area (Å²) in [5, 5.41) is 11.4. The molecule has 3 atom stereocenters. The van der Waals surface area contributed by atoms with E-state index in [9.17, 15) is 5.11 Å². The highest BCUT2D eigenvalue weighted by Crippen LogP contribution is 2.44. The molecule has 7 heteroatoms. The second-order valence-electron chi connectivity index (χ2n) is 10.5. The largest absolute Gasteiger partial charge is 0.505 e. The van der Waals surface area contributed by atoms with E-state index < -0.39 is 0 Å². The molecule has 0 amide bonds. The molecule has 1 N–H and O–H groups in total. The van der Waals surface area contributed by atoms with Gasteiger partial charge in [-0.2, -0.15) is 0 Å². The molecule has 1 heterocycles. The number of ether oxygens (including phenoxy) is 4. The average Bonchev–Trinajstić information content (AvgIpc) is 3.02. The molecule has 4 aromatic rings. The van der Waals surface area contributed by atoms with Gasteiger partial charge in [-0.25, -0.2) is 0 Å². The molecule has 220 valence electrons. The lowest BCUT2D eigenvalue weighted by atomic mass is 9.93. The zero-order chi connectivity index (χ0) is 29.3. The molecule has 1 aliphatic heterocycles. The van der Waals surface area contributed by atoms with Crippen molar-refractivity contribution in [2.24, 2.45) is 0 Å². The fourth-order valence-electron chi connectivity index (χ4n) is 5.24. The van der Waals surface area contributed by atoms with E-state index in [1.54, 1.807) is 0 Å². The first-order chi connectivity index (χ1) is 20.5. The Morgan fingerprint density at radius 3 is 2.21 bits per heavy atom. The number of halogens is 2. The zero-order valence-corrected chi connectivity index (χ0v) is 26.0. The number of aromatic hydroxyl groups is 1. The molecule has 1 saturated heterocycles. The number of benzene rings is 4. The summed E-state index contributed by atoms with van der Waals surface area (Å²) in [6, 6.07) is 30.3. The molecule has 0 radical (unpaired) electrons. The van der Waals surface area contributed by atoms with Gasteiger partial charge < -0.3 is 24.1 Å². The lowest BCUT2D eigenvalue weighted by Gasteiger charge is -2.36. The van der Waals surface area contributed by atoms with Gasteiger partial charge in [0.2, 0.25) is 0 Å². The van der Waals surface area contributed by atoms with Crippen LogP contribution in [0.1, 0.15) is 53.7 Å². The van der Waals surface area contributed by atoms with E-state index in [1.165, 1.54) is 0 Å². The normalized spacial score (nSPS) is 18.6. The number of phenolic OH excluding ortho intramolecular Hbond substituents is 1. The topological polar surface area (TPSA) is 57.2 Å². The van der Waals surface area contributed by atoms with Crippen molar-refractivity contribution >= 4 is 27.5 Å². The summed E-state index contributed by atoms with van der Waals surface area (Å²) < 4.78 is 25.2. The molecule has 0 aromatic heterocycles. The molecule has 5 rings (SSSR count). The van der Waals surface area contributed by atoms with Gasteiger partial charge in [0.25, 0.3) is 0 Å². The van der Waals surface area contributed by atoms with Crippen LogP contribution in [-0.2, 0) is 33.8 Å². The quantitative estimate of drug-likeness (QED) is 0.166. The number of hydrogen-bond donors (Lipinski definition) is 1. The Morgan fingerprint density at radius 1 is 0.881 bits per heavy atom. The van der Waals surface area contributed by atoms with Crippen LogP contribution in [0.3, 0.4) is 0 Å². The molecule has 5 nitrogen and oxygen atoms in total. The van der Waals surface area contributed by atoms with Crippen molar-refractivity contribution in [1.29, 1.82) is 0 Å². The first kappa shape index (κ1) is 30.6. The summed E-state index contributed by atoms with van der Waals surface area (Å²) in [5.74, 6) is 0.840. The maximum atomic E-state index is 11.0. The summed E-state index contributed by atoms with van der Waals surface area (Å²) >= 11 is 10.3. The molecule has 0 bridgehead atoms. The van der Waals surface area contributed by atoms with Crippen molar-refractivity contribution in [1.82, 2.24) is 0 Å². The Hall–Kier alpha value is -2.87. The van der Waals surface area contributed by atoms with Gasteiger partial charge >= 0.3 is 0 Å². The predicted octanol–water partition coefficient (Wildman–Crippen LogP) is 8.82. The zero-order valence-electron chi connectivity index (χ0n) is 23.7. The molecule has 42 heavy (non-hydrogen) atoms. The first-order valence-electron chi connectivity index (χ1n) is 14.3. The van der Waals surface area contributed by atoms with Crippen LogP contribution in [0, 0.1) is 0 Å². The Labute approximate surface area is 261 Å². The van der Waals surface area contributed by atoms with Crippen molar-refractivity contribution in [2.75, 3.05) is 13.2 Å². The molecular weight excluding hydrogens is 616 g/mol. The van der Waals surface area contributed by atoms with Gasteiger partial charge in [-0.3, -0.25) is 0 Å². The summed E-state index contributed by atoms with van der Waals surface area (Å²) in [5.41, 5.74) is 4.98. The van der Waals surface area contributed by atoms with Crippen LogP contribution in [0.5, 0.6) is 11.5 Å². The Balaban J connectivity index is 1.35. The Kier molecular flexibility index (Phi) is 10.9. The van der Waals surface area contributed by atoms with Gasteiger partial charge in [0.1, 0.15) is 11.5 Å². The van der Waals surface area contributed by atoms with Crippen LogP contribution < -0.4 is 4.74 Å². The number of rotatable bonds is 12. The second kappa shape index (κ2) is 15.0. The van der Waals surface area contributed by atoms with Crippen LogP contribution >= 0.6 is 27.5 Å². The molecule has 3 unspecified atom stereocenters. The summed E-state index contributed by atoms with van der Waals surface area (Å²) in [7, 11) is 0. The molecule has 1 fully saturated rings. The van der Waals surface area contributed by atoms with E-state index in [2.05, 4.69) is 40.2 Å². The maximum Gasteiger partial charge on any atom is 0.149 e. The van der Waals surface area contributed by atoms with Gasteiger partial charge in [-0.05, 0) is 75.3 Å². The van der Waals surface area contributed by atoms with Gasteiger partial charge in [-0.15, -0.1) is 0 Å². The van der Waals surface area contributed by atoms with E-state index in [4.69, 9.17) is 30.5 Å². The minimum Gasteiger partial charge on any atom is -0.505 e. The van der Waals surface area contributed by atoms with Crippen LogP contribution in [0.25, 0.3) is 0 Å². The Bertz CT molecular complexity index is 1420. The van der Waals surface area contributed by atoms with Gasteiger partial charge in [-0.1, -0.05) is 84.4 Å². The highest BCUT2D eigenvalue weighted by atomic mass is 79.9. The van der Waals surface area contributed by atoms with Crippen molar-refractivity contribution in [2.45, 2.75) is 57.7 Å². The summed E-state index contributed by atoms with van der Waals surface area (Å²) in [6.07, 6.45) is 1.38. The molecule has 1 aliphatic rings. The fraction of sp³-hybridized carbons (Fsp3) is 0.314. The van der Waals surface area contributed by atoms with Crippen molar-refractivity contribution < 1.29 is 24.1 Å². The monoisotopic (exact) mass is 650 g/mol. The average molecular weight is 652 g/mol. The lowest BCUT2D eigenvalue weighted by molar-refractivity contribution is -0.142. The van der Waals surface area contributed by atoms with Crippen LogP contribution in [-0.4, -0.2) is 30.5 Å². The summed E-state index contributed by atoms with van der Waals surface area (Å²) in [4.78, 5) is 0. The van der Waals surface area contributed by atoms with Crippen molar-refractivity contribution in [3.05, 3.63) is 128 Å². The van der Waals surface area contributed by atoms with E-state index in [1.807, 2.05) is 73.7 Å². The third-order valence-corrected chi connectivity index (χ3v) is 8.62. The third kappa shape index (κ3) is 8.15. The lowest BCUT2D eigenvalue weighted by Crippen LogP contribution is -2.36. The standard InChI is InChI=1S/C35H36BrClO5/c1-2-40-28-15-13-24(14-16-28)17-27-18-31(33(36)35(38)34(27)37)32-20-29(41-22-26-11-7-4-8-12-26)19-30(42-32)23-39-21-25-9-5-3-6-10-25/h3-16,18,29-30,32,38H,2,17,19-23H2,1H3. The van der Waals surface area contributed by atoms with Crippen molar-refractivity contribution in [3.63, 3.8) is 0 Å². The van der Waals surface area contributed by atoms with Crippen LogP contribution in [0.15, 0.2) is 95.5 Å². The van der Waals surface area contributed by atoms with Gasteiger partial charge in [0.15, 0.2) is 0 Å². The minimum atomic E-state index is -0.318. The highest BCUT2D eigenvalue weighted by molar-refractivity contribution is 9.10. The van der Waals surface area contributed by atoms with Crippen LogP contribution in [0.2, 0.25) is 5.02 Å². The third-order valence-electron chi connectivity index (χ3n) is 7.36. The molecular formula is C35H36BrClO5. The van der Waals surface area contributed by atoms with E-state index in [-0.39, 0.29) is 24.1 Å². The predicted molar refractivity (Wildman–Crippen MR) is 169 cm³/mol. The Morgan fingerprint density at radius 2 is 1.55 bits per heavy atom. The maximum absolute atomic E-state index is 11.0. The molecule has 0 saturated carbocycles. The van der Waals surface area contributed by atoms with Gasteiger partial charge in [0.05, 0.1) is 54.2 Å². The number of phenols is 1. The van der Waals surface area contributed by atoms with E-state index in [0.717, 1.165) is 33.6 Å². The molecule has 0 aliphatic carbocycles.